The van der Waals surface area contributed by atoms with Crippen molar-refractivity contribution in [3.8, 4) is 22.5 Å². The Morgan fingerprint density at radius 3 is 1.19 bits per heavy atom. The predicted molar refractivity (Wildman–Crippen MR) is 101 cm³/mol. The Kier molecular flexibility index (Phi) is 4.37. The van der Waals surface area contributed by atoms with Gasteiger partial charge in [0.1, 0.15) is 0 Å². The third kappa shape index (κ3) is 3.23. The molecule has 2 aromatic carbocycles. The minimum atomic E-state index is -4.50. The molecule has 0 bridgehead atoms. The van der Waals surface area contributed by atoms with Gasteiger partial charge in [0.15, 0.2) is 0 Å². The van der Waals surface area contributed by atoms with Crippen molar-refractivity contribution in [1.82, 2.24) is 31.7 Å². The Labute approximate surface area is 177 Å². The van der Waals surface area contributed by atoms with Crippen LogP contribution in [0, 0.1) is 0 Å². The molecule has 0 radical (unpaired) electrons. The number of hydrogen-bond acceptors (Lipinski definition) is 6. The van der Waals surface area contributed by atoms with Crippen LogP contribution >= 0.6 is 0 Å². The van der Waals surface area contributed by atoms with Crippen LogP contribution in [0.4, 0.5) is 26.3 Å². The van der Waals surface area contributed by atoms with Gasteiger partial charge in [-0.25, -0.2) is 26.7 Å². The maximum Gasteiger partial charge on any atom is 0.426 e. The van der Waals surface area contributed by atoms with Crippen molar-refractivity contribution in [2.45, 2.75) is 23.7 Å². The lowest BCUT2D eigenvalue weighted by atomic mass is 10.0. The number of hydrazine groups is 2. The first-order chi connectivity index (χ1) is 15.1. The van der Waals surface area contributed by atoms with Gasteiger partial charge < -0.3 is 0 Å². The van der Waals surface area contributed by atoms with E-state index in [1.807, 2.05) is 0 Å². The van der Waals surface area contributed by atoms with Crippen molar-refractivity contribution < 1.29 is 26.3 Å². The van der Waals surface area contributed by atoms with Crippen LogP contribution < -0.4 is 21.7 Å². The average molecular weight is 452 g/mol. The molecule has 5 rings (SSSR count). The van der Waals surface area contributed by atoms with E-state index in [2.05, 4.69) is 31.7 Å². The van der Waals surface area contributed by atoms with Crippen molar-refractivity contribution in [2.24, 2.45) is 0 Å². The molecule has 1 aromatic heterocycles. The van der Waals surface area contributed by atoms with E-state index in [-0.39, 0.29) is 11.1 Å². The highest BCUT2D eigenvalue weighted by Crippen LogP contribution is 2.43. The largest absolute Gasteiger partial charge is 0.426 e. The fraction of sp³-hybridized carbons (Fsp3) is 0.200. The second kappa shape index (κ2) is 6.72. The molecule has 2 aliphatic heterocycles. The van der Waals surface area contributed by atoms with Crippen LogP contribution in [0.15, 0.2) is 60.9 Å². The molecule has 12 heteroatoms. The van der Waals surface area contributed by atoms with Crippen molar-refractivity contribution in [3.05, 3.63) is 72.1 Å². The Hall–Kier alpha value is -3.06. The van der Waals surface area contributed by atoms with Crippen LogP contribution in [0.25, 0.3) is 22.5 Å². The van der Waals surface area contributed by atoms with Gasteiger partial charge in [0, 0.05) is 11.1 Å². The molecule has 6 nitrogen and oxygen atoms in total. The van der Waals surface area contributed by atoms with Crippen LogP contribution in [0.1, 0.15) is 11.1 Å². The van der Waals surface area contributed by atoms with E-state index in [1.54, 1.807) is 0 Å². The van der Waals surface area contributed by atoms with Gasteiger partial charge in [-0.3, -0.25) is 4.98 Å². The molecular weight excluding hydrogens is 438 g/mol. The minimum Gasteiger partial charge on any atom is -0.260 e. The standard InChI is InChI=1S/C20H14F6N6/c21-19(22,23)17(29-30-17)13-5-1-11(2-6-13)15-9-27-10-16(28-15)12-3-7-14(8-4-12)18(31-32-18)20(24,25)26/h1-10,29-32H. The molecule has 3 heterocycles. The molecule has 0 amide bonds. The Morgan fingerprint density at radius 1 is 0.562 bits per heavy atom. The topological polar surface area (TPSA) is 114 Å². The van der Waals surface area contributed by atoms with Crippen molar-refractivity contribution in [3.63, 3.8) is 0 Å². The quantitative estimate of drug-likeness (QED) is 0.356. The number of halogens is 6. The van der Waals surface area contributed by atoms with Gasteiger partial charge in [-0.15, -0.1) is 0 Å². The lowest BCUT2D eigenvalue weighted by molar-refractivity contribution is -0.166. The molecule has 32 heavy (non-hydrogen) atoms. The highest BCUT2D eigenvalue weighted by Gasteiger charge is 2.66. The predicted octanol–water partition coefficient (Wildman–Crippen LogP) is 3.46. The van der Waals surface area contributed by atoms with Gasteiger partial charge in [-0.05, 0) is 11.1 Å². The lowest BCUT2D eigenvalue weighted by Gasteiger charge is -2.16. The van der Waals surface area contributed by atoms with Gasteiger partial charge >= 0.3 is 12.4 Å². The van der Waals surface area contributed by atoms with Crippen molar-refractivity contribution >= 4 is 0 Å². The molecular formula is C20H14F6N6. The van der Waals surface area contributed by atoms with Crippen LogP contribution in [0.3, 0.4) is 0 Å². The lowest BCUT2D eigenvalue weighted by Crippen LogP contribution is -2.34. The third-order valence-corrected chi connectivity index (χ3v) is 5.46. The summed E-state index contributed by atoms with van der Waals surface area (Å²) in [4.78, 5) is 8.57. The van der Waals surface area contributed by atoms with Gasteiger partial charge in [0.2, 0.25) is 11.3 Å². The summed E-state index contributed by atoms with van der Waals surface area (Å²) >= 11 is 0. The van der Waals surface area contributed by atoms with E-state index in [9.17, 15) is 26.3 Å². The highest BCUT2D eigenvalue weighted by molar-refractivity contribution is 5.65. The van der Waals surface area contributed by atoms with E-state index < -0.39 is 23.7 Å². The maximum absolute atomic E-state index is 13.2. The molecule has 2 aliphatic rings. The van der Waals surface area contributed by atoms with Gasteiger partial charge in [0.25, 0.3) is 0 Å². The molecule has 4 N–H and O–H groups in total. The summed E-state index contributed by atoms with van der Waals surface area (Å²) in [5, 5.41) is 0. The summed E-state index contributed by atoms with van der Waals surface area (Å²) < 4.78 is 79.2. The summed E-state index contributed by atoms with van der Waals surface area (Å²) in [7, 11) is 0. The normalized spacial score (nSPS) is 18.9. The molecule has 2 saturated heterocycles. The average Bonchev–Trinajstić information content (AvgIpc) is 3.66. The van der Waals surface area contributed by atoms with E-state index in [1.165, 1.54) is 60.9 Å². The first-order valence-electron chi connectivity index (χ1n) is 9.32. The molecule has 0 aliphatic carbocycles. The smallest absolute Gasteiger partial charge is 0.260 e. The monoisotopic (exact) mass is 452 g/mol. The first kappa shape index (κ1) is 20.8. The zero-order valence-electron chi connectivity index (χ0n) is 15.9. The molecule has 0 saturated carbocycles. The Balaban J connectivity index is 1.40. The van der Waals surface area contributed by atoms with Gasteiger partial charge in [-0.2, -0.15) is 26.3 Å². The number of nitrogens with one attached hydrogen (secondary N) is 4. The first-order valence-corrected chi connectivity index (χ1v) is 9.32. The highest BCUT2D eigenvalue weighted by atomic mass is 19.4. The fourth-order valence-electron chi connectivity index (χ4n) is 3.45. The molecule has 0 atom stereocenters. The summed E-state index contributed by atoms with van der Waals surface area (Å²) in [5.74, 6) is 0. The van der Waals surface area contributed by atoms with E-state index in [0.717, 1.165) is 0 Å². The summed E-state index contributed by atoms with van der Waals surface area (Å²) in [6.07, 6.45) is -6.10. The summed E-state index contributed by atoms with van der Waals surface area (Å²) in [6.45, 7) is 0. The third-order valence-electron chi connectivity index (χ3n) is 5.46. The molecule has 166 valence electrons. The number of nitrogens with zero attached hydrogens (tertiary/aromatic N) is 2. The fourth-order valence-corrected chi connectivity index (χ4v) is 3.45. The SMILES string of the molecule is FC(F)(F)C1(c2ccc(-c3cncc(-c4ccc(C5(C(F)(F)F)NN5)cc4)n3)cc2)NN1. The Morgan fingerprint density at radius 2 is 0.906 bits per heavy atom. The van der Waals surface area contributed by atoms with Crippen LogP contribution in [-0.2, 0) is 11.3 Å². The zero-order valence-corrected chi connectivity index (χ0v) is 15.9. The van der Waals surface area contributed by atoms with E-state index in [4.69, 9.17) is 0 Å². The van der Waals surface area contributed by atoms with Gasteiger partial charge in [0.05, 0.1) is 23.8 Å². The second-order valence-electron chi connectivity index (χ2n) is 7.44. The molecule has 0 unspecified atom stereocenters. The number of aromatic nitrogens is 2. The maximum atomic E-state index is 13.2. The minimum absolute atomic E-state index is 0.00865. The van der Waals surface area contributed by atoms with Gasteiger partial charge in [-0.1, -0.05) is 48.5 Å². The van der Waals surface area contributed by atoms with Crippen molar-refractivity contribution in [2.75, 3.05) is 0 Å². The number of benzene rings is 2. The van der Waals surface area contributed by atoms with E-state index >= 15 is 0 Å². The van der Waals surface area contributed by atoms with E-state index in [0.29, 0.717) is 22.5 Å². The van der Waals surface area contributed by atoms with Crippen molar-refractivity contribution in [1.29, 1.82) is 0 Å². The molecule has 0 spiro atoms. The van der Waals surface area contributed by atoms with Crippen LogP contribution in [-0.4, -0.2) is 22.3 Å². The summed E-state index contributed by atoms with van der Waals surface area (Å²) in [5.41, 5.74) is 5.98. The van der Waals surface area contributed by atoms with Crippen LogP contribution in [0.5, 0.6) is 0 Å². The molecule has 3 aromatic rings. The Bertz CT molecular complexity index is 1060. The number of rotatable bonds is 4. The number of alkyl halides is 6. The second-order valence-corrected chi connectivity index (χ2v) is 7.44. The summed E-state index contributed by atoms with van der Waals surface area (Å²) in [6, 6.07) is 11.3. The number of hydrogen-bond donors (Lipinski definition) is 4. The molecule has 2 fully saturated rings. The van der Waals surface area contributed by atoms with Crippen LogP contribution in [0.2, 0.25) is 0 Å². The zero-order chi connectivity index (χ0) is 22.8.